The van der Waals surface area contributed by atoms with Crippen molar-refractivity contribution in [3.05, 3.63) is 59.5 Å². The van der Waals surface area contributed by atoms with Crippen LogP contribution in [0.5, 0.6) is 0 Å². The van der Waals surface area contributed by atoms with E-state index in [1.165, 1.54) is 12.8 Å². The maximum absolute atomic E-state index is 12.8. The van der Waals surface area contributed by atoms with Crippen molar-refractivity contribution in [2.24, 2.45) is 0 Å². The molecular weight excluding hydrogens is 407 g/mol. The fourth-order valence-corrected chi connectivity index (χ4v) is 5.33. The van der Waals surface area contributed by atoms with Crippen LogP contribution in [0.2, 0.25) is 0 Å². The van der Waals surface area contributed by atoms with Gasteiger partial charge in [0.1, 0.15) is 0 Å². The number of aryl methyl sites for hydroxylation is 2. The minimum atomic E-state index is 0.0397. The van der Waals surface area contributed by atoms with Gasteiger partial charge in [-0.25, -0.2) is 4.52 Å². The van der Waals surface area contributed by atoms with E-state index in [0.29, 0.717) is 8.58 Å². The number of fused-ring (bicyclic) bond motifs is 2. The molecule has 7 nitrogen and oxygen atoms in total. The predicted molar refractivity (Wildman–Crippen MR) is 127 cm³/mol. The van der Waals surface area contributed by atoms with Gasteiger partial charge in [0.2, 0.25) is 0 Å². The Balaban J connectivity index is 0.000000535. The molecule has 0 radical (unpaired) electrons. The van der Waals surface area contributed by atoms with Crippen LogP contribution in [-0.2, 0) is 4.79 Å². The molecule has 1 saturated heterocycles. The number of rotatable bonds is 3. The molecule has 1 amide bonds. The van der Waals surface area contributed by atoms with Crippen molar-refractivity contribution in [3.8, 4) is 0 Å². The lowest BCUT2D eigenvalue weighted by atomic mass is 10.2. The Morgan fingerprint density at radius 1 is 1.26 bits per heavy atom. The van der Waals surface area contributed by atoms with Gasteiger partial charge >= 0.3 is 0 Å². The van der Waals surface area contributed by atoms with E-state index in [4.69, 9.17) is 5.10 Å². The molecule has 2 atom stereocenters. The van der Waals surface area contributed by atoms with Gasteiger partial charge in [0.05, 0.1) is 40.3 Å². The molecule has 0 saturated carbocycles. The van der Waals surface area contributed by atoms with Crippen LogP contribution in [0.25, 0.3) is 10.8 Å². The summed E-state index contributed by atoms with van der Waals surface area (Å²) < 4.78 is 1.87. The molecule has 3 aliphatic heterocycles. The Kier molecular flexibility index (Phi) is 6.54. The molecule has 0 aliphatic carbocycles. The molecule has 8 heteroatoms. The zero-order chi connectivity index (χ0) is 22.0. The Bertz CT molecular complexity index is 1060. The Hall–Kier alpha value is -2.50. The summed E-state index contributed by atoms with van der Waals surface area (Å²) in [5.41, 5.74) is 4.92. The van der Waals surface area contributed by atoms with Gasteiger partial charge in [0.25, 0.3) is 5.91 Å². The molecule has 3 aliphatic rings. The van der Waals surface area contributed by atoms with E-state index in [9.17, 15) is 4.79 Å². The molecule has 0 spiro atoms. The molecule has 5 heterocycles. The lowest BCUT2D eigenvalue weighted by Gasteiger charge is -2.35. The van der Waals surface area contributed by atoms with E-state index in [-0.39, 0.29) is 11.7 Å². The molecule has 5 rings (SSSR count). The van der Waals surface area contributed by atoms with Gasteiger partial charge < -0.3 is 15.1 Å². The fraction of sp³-hybridized carbons (Fsp3) is 0.435. The van der Waals surface area contributed by atoms with Crippen molar-refractivity contribution in [1.29, 1.82) is 0 Å². The highest BCUT2D eigenvalue weighted by molar-refractivity contribution is 7.51. The van der Waals surface area contributed by atoms with Crippen LogP contribution in [0.1, 0.15) is 36.8 Å². The molecule has 2 unspecified atom stereocenters. The van der Waals surface area contributed by atoms with E-state index in [0.717, 1.165) is 53.2 Å². The number of carbonyl (C=O) groups excluding carboxylic acids is 1. The third kappa shape index (κ3) is 4.58. The number of carbonyl (C=O) groups is 1. The molecular formula is C23H31N6OP. The summed E-state index contributed by atoms with van der Waals surface area (Å²) in [7, 11) is 2.42. The minimum Gasteiger partial charge on any atom is -0.370 e. The maximum Gasteiger partial charge on any atom is 0.252 e. The first kappa shape index (κ1) is 21.7. The summed E-state index contributed by atoms with van der Waals surface area (Å²) in [6.07, 6.45) is 12.5. The van der Waals surface area contributed by atoms with Gasteiger partial charge in [-0.15, -0.1) is 0 Å². The van der Waals surface area contributed by atoms with E-state index in [1.807, 2.05) is 48.8 Å². The number of allylic oxidation sites excluding steroid dienone is 1. The van der Waals surface area contributed by atoms with Crippen molar-refractivity contribution in [2.45, 2.75) is 39.4 Å². The van der Waals surface area contributed by atoms with Crippen molar-refractivity contribution < 1.29 is 4.79 Å². The quantitative estimate of drug-likeness (QED) is 0.746. The normalized spacial score (nSPS) is 21.2. The number of aromatic nitrogens is 3. The fourth-order valence-electron chi connectivity index (χ4n) is 4.00. The lowest BCUT2D eigenvalue weighted by molar-refractivity contribution is -0.123. The van der Waals surface area contributed by atoms with E-state index in [1.54, 1.807) is 6.08 Å². The van der Waals surface area contributed by atoms with Crippen molar-refractivity contribution in [3.63, 3.8) is 0 Å². The second-order valence-electron chi connectivity index (χ2n) is 8.03. The van der Waals surface area contributed by atoms with E-state index >= 15 is 0 Å². The van der Waals surface area contributed by atoms with Crippen LogP contribution in [-0.4, -0.2) is 62.8 Å². The third-order valence-corrected chi connectivity index (χ3v) is 7.18. The van der Waals surface area contributed by atoms with Gasteiger partial charge in [-0.3, -0.25) is 9.78 Å². The minimum absolute atomic E-state index is 0.0397. The Morgan fingerprint density at radius 2 is 2.00 bits per heavy atom. The predicted octanol–water partition coefficient (Wildman–Crippen LogP) is 3.27. The number of nitrogens with one attached hydrogen (secondary N) is 1. The SMILES string of the molecule is CCNC.Cc1cn2nc(C3=CC(=O)N4C=C(N5CCCC5)C=CC4P3)cc2c(C)n1. The molecule has 31 heavy (non-hydrogen) atoms. The van der Waals surface area contributed by atoms with Gasteiger partial charge in [0, 0.05) is 30.7 Å². The van der Waals surface area contributed by atoms with Crippen LogP contribution < -0.4 is 5.32 Å². The topological polar surface area (TPSA) is 65.8 Å². The summed E-state index contributed by atoms with van der Waals surface area (Å²) in [4.78, 5) is 21.6. The zero-order valence-electron chi connectivity index (χ0n) is 18.7. The van der Waals surface area contributed by atoms with Crippen LogP contribution in [0.4, 0.5) is 0 Å². The van der Waals surface area contributed by atoms with Crippen LogP contribution in [0, 0.1) is 13.8 Å². The second kappa shape index (κ2) is 9.33. The van der Waals surface area contributed by atoms with Gasteiger partial charge in [-0.05, 0) is 52.4 Å². The first-order valence-corrected chi connectivity index (χ1v) is 12.0. The monoisotopic (exact) mass is 438 g/mol. The summed E-state index contributed by atoms with van der Waals surface area (Å²) in [6, 6.07) is 2.04. The first-order valence-electron chi connectivity index (χ1n) is 10.9. The number of likely N-dealkylation sites (tertiary alicyclic amines) is 1. The maximum atomic E-state index is 12.8. The van der Waals surface area contributed by atoms with Gasteiger partial charge in [-0.1, -0.05) is 21.6 Å². The molecule has 164 valence electrons. The van der Waals surface area contributed by atoms with Crippen molar-refractivity contribution in [2.75, 3.05) is 26.7 Å². The highest BCUT2D eigenvalue weighted by Crippen LogP contribution is 2.44. The van der Waals surface area contributed by atoms with Crippen LogP contribution >= 0.6 is 8.58 Å². The average molecular weight is 439 g/mol. The average Bonchev–Trinajstić information content (AvgIpc) is 3.44. The number of nitrogens with zero attached hydrogens (tertiary/aromatic N) is 5. The summed E-state index contributed by atoms with van der Waals surface area (Å²) in [6.45, 7) is 9.27. The smallest absolute Gasteiger partial charge is 0.252 e. The molecule has 2 aromatic rings. The number of hydrogen-bond donors (Lipinski definition) is 1. The van der Waals surface area contributed by atoms with Crippen LogP contribution in [0.3, 0.4) is 0 Å². The molecule has 1 N–H and O–H groups in total. The van der Waals surface area contributed by atoms with Crippen molar-refractivity contribution in [1.82, 2.24) is 29.7 Å². The van der Waals surface area contributed by atoms with Gasteiger partial charge in [-0.2, -0.15) is 5.10 Å². The molecule has 1 fully saturated rings. The summed E-state index contributed by atoms with van der Waals surface area (Å²) >= 11 is 0. The molecule has 0 bridgehead atoms. The van der Waals surface area contributed by atoms with E-state index < -0.39 is 0 Å². The van der Waals surface area contributed by atoms with Crippen molar-refractivity contribution >= 4 is 25.3 Å². The first-order chi connectivity index (χ1) is 15.0. The highest BCUT2D eigenvalue weighted by atomic mass is 31.1. The molecule has 2 aromatic heterocycles. The van der Waals surface area contributed by atoms with Crippen LogP contribution in [0.15, 0.2) is 42.4 Å². The lowest BCUT2D eigenvalue weighted by Crippen LogP contribution is -2.37. The third-order valence-electron chi connectivity index (χ3n) is 5.71. The Morgan fingerprint density at radius 3 is 2.71 bits per heavy atom. The summed E-state index contributed by atoms with van der Waals surface area (Å²) in [5.74, 6) is 0.132. The number of amides is 1. The van der Waals surface area contributed by atoms with Gasteiger partial charge in [0.15, 0.2) is 0 Å². The van der Waals surface area contributed by atoms with E-state index in [2.05, 4.69) is 34.3 Å². The summed E-state index contributed by atoms with van der Waals surface area (Å²) in [5, 5.41) is 8.65. The molecule has 0 aromatic carbocycles. The number of hydrogen-bond acceptors (Lipinski definition) is 5. The largest absolute Gasteiger partial charge is 0.370 e. The Labute approximate surface area is 185 Å². The highest BCUT2D eigenvalue weighted by Gasteiger charge is 2.30. The zero-order valence-corrected chi connectivity index (χ0v) is 19.7. The second-order valence-corrected chi connectivity index (χ2v) is 9.45. The standard InChI is InChI=1S/C20H22N5OP.C3H9N/c1-13-11-25-17(14(2)21-13)9-16(22-25)18-10-19(26)24-12-15(5-6-20(24)27-18)23-7-3-4-8-23;1-3-4-2/h5-6,9-12,20,27H,3-4,7-8H2,1-2H3;4H,3H2,1-2H3.